The highest BCUT2D eigenvalue weighted by atomic mass is 19.4. The number of carbonyl (C=O) groups excluding carboxylic acids is 2. The van der Waals surface area contributed by atoms with Gasteiger partial charge >= 0.3 is 12.1 Å². The fraction of sp³-hybridized carbons (Fsp3) is 0.385. The number of aryl methyl sites for hydroxylation is 1. The zero-order chi connectivity index (χ0) is 19.3. The maximum Gasteiger partial charge on any atom is 0.451 e. The van der Waals surface area contributed by atoms with Crippen LogP contribution in [0.2, 0.25) is 0 Å². The van der Waals surface area contributed by atoms with Gasteiger partial charge in [0.1, 0.15) is 5.82 Å². The minimum absolute atomic E-state index is 0.133. The number of amides is 1. The van der Waals surface area contributed by atoms with Crippen LogP contribution in [0, 0.1) is 6.92 Å². The van der Waals surface area contributed by atoms with Crippen molar-refractivity contribution in [2.24, 2.45) is 0 Å². The van der Waals surface area contributed by atoms with Crippen molar-refractivity contribution in [2.75, 3.05) is 13.7 Å². The van der Waals surface area contributed by atoms with Gasteiger partial charge in [-0.15, -0.1) is 10.2 Å². The van der Waals surface area contributed by atoms with E-state index in [2.05, 4.69) is 30.2 Å². The Bertz CT molecular complexity index is 825. The van der Waals surface area contributed by atoms with Crippen molar-refractivity contribution in [1.82, 2.24) is 35.3 Å². The van der Waals surface area contributed by atoms with E-state index in [4.69, 9.17) is 0 Å². The van der Waals surface area contributed by atoms with Crippen molar-refractivity contribution in [1.29, 1.82) is 0 Å². The molecule has 0 unspecified atom stereocenters. The van der Waals surface area contributed by atoms with Gasteiger partial charge in [0.05, 0.1) is 7.11 Å². The van der Waals surface area contributed by atoms with Crippen LogP contribution in [-0.4, -0.2) is 55.5 Å². The van der Waals surface area contributed by atoms with Gasteiger partial charge in [-0.05, 0) is 13.3 Å². The molecule has 2 heterocycles. The van der Waals surface area contributed by atoms with Gasteiger partial charge in [-0.2, -0.15) is 22.8 Å². The monoisotopic (exact) mass is 373 g/mol. The number of hydrogen-bond acceptors (Lipinski definition) is 7. The summed E-state index contributed by atoms with van der Waals surface area (Å²) in [5.74, 6) is -2.94. The molecule has 140 valence electrons. The third kappa shape index (κ3) is 4.64. The zero-order valence-electron chi connectivity index (χ0n) is 13.7. The fourth-order valence-electron chi connectivity index (χ4n) is 1.75. The van der Waals surface area contributed by atoms with E-state index in [-0.39, 0.29) is 24.1 Å². The minimum Gasteiger partial charge on any atom is -0.466 e. The summed E-state index contributed by atoms with van der Waals surface area (Å²) in [6, 6.07) is 0. The molecule has 0 radical (unpaired) electrons. The van der Waals surface area contributed by atoms with E-state index in [1.165, 1.54) is 26.2 Å². The zero-order valence-corrected chi connectivity index (χ0v) is 13.7. The molecule has 2 rings (SSSR count). The number of carbonyl (C=O) groups is 2. The molecule has 0 aliphatic heterocycles. The van der Waals surface area contributed by atoms with Gasteiger partial charge < -0.3 is 10.1 Å². The van der Waals surface area contributed by atoms with Gasteiger partial charge in [-0.1, -0.05) is 6.08 Å². The number of methoxy groups -OCH3 is 1. The summed E-state index contributed by atoms with van der Waals surface area (Å²) in [6.45, 7) is 1.63. The lowest BCUT2D eigenvalue weighted by Gasteiger charge is -1.99. The molecule has 13 heteroatoms. The van der Waals surface area contributed by atoms with Crippen molar-refractivity contribution < 1.29 is 27.5 Å². The van der Waals surface area contributed by atoms with Crippen molar-refractivity contribution in [3.05, 3.63) is 29.6 Å². The lowest BCUT2D eigenvalue weighted by molar-refractivity contribution is -0.144. The molecule has 0 spiro atoms. The first-order chi connectivity index (χ1) is 12.2. The summed E-state index contributed by atoms with van der Waals surface area (Å²) in [4.78, 5) is 30.0. The molecule has 2 N–H and O–H groups in total. The number of H-pyrrole nitrogens is 1. The number of ether oxygens (including phenoxy) is 1. The van der Waals surface area contributed by atoms with Crippen LogP contribution in [-0.2, 0) is 15.7 Å². The van der Waals surface area contributed by atoms with Crippen molar-refractivity contribution in [3.63, 3.8) is 0 Å². The van der Waals surface area contributed by atoms with Crippen LogP contribution in [0.1, 0.15) is 28.7 Å². The molecule has 2 aromatic rings. The molecule has 0 aromatic carbocycles. The van der Waals surface area contributed by atoms with Crippen LogP contribution < -0.4 is 5.32 Å². The smallest absolute Gasteiger partial charge is 0.451 e. The first-order valence-corrected chi connectivity index (χ1v) is 7.18. The Morgan fingerprint density at radius 3 is 2.69 bits per heavy atom. The third-order valence-electron chi connectivity index (χ3n) is 2.96. The molecule has 0 atom stereocenters. The second kappa shape index (κ2) is 7.76. The molecule has 1 amide bonds. The van der Waals surface area contributed by atoms with Gasteiger partial charge in [-0.25, -0.2) is 9.78 Å². The van der Waals surface area contributed by atoms with E-state index in [9.17, 15) is 22.8 Å². The van der Waals surface area contributed by atoms with Gasteiger partial charge in [0.25, 0.3) is 11.9 Å². The van der Waals surface area contributed by atoms with E-state index < -0.39 is 23.9 Å². The first-order valence-electron chi connectivity index (χ1n) is 7.18. The summed E-state index contributed by atoms with van der Waals surface area (Å²) in [6.07, 6.45) is -1.60. The molecule has 10 nitrogen and oxygen atoms in total. The van der Waals surface area contributed by atoms with Crippen LogP contribution in [0.5, 0.6) is 0 Å². The van der Waals surface area contributed by atoms with Crippen molar-refractivity contribution in [3.8, 4) is 5.95 Å². The highest BCUT2D eigenvalue weighted by Crippen LogP contribution is 2.26. The molecule has 0 saturated heterocycles. The van der Waals surface area contributed by atoms with Gasteiger partial charge in [0.2, 0.25) is 11.6 Å². The minimum atomic E-state index is -4.68. The van der Waals surface area contributed by atoms with Crippen LogP contribution in [0.15, 0.2) is 12.2 Å². The molecule has 2 aromatic heterocycles. The quantitative estimate of drug-likeness (QED) is 0.430. The number of hydrogen-bond donors (Lipinski definition) is 2. The van der Waals surface area contributed by atoms with Crippen LogP contribution in [0.4, 0.5) is 13.2 Å². The number of alkyl halides is 3. The number of nitrogens with zero attached hydrogens (tertiary/aromatic N) is 5. The SMILES string of the molecule is COC(=O)/C=C/CCNC(=O)c1nc(C)n(-c2n[nH]c(C(F)(F)F)n2)n1. The summed E-state index contributed by atoms with van der Waals surface area (Å²) in [5.41, 5.74) is 0. The Morgan fingerprint density at radius 1 is 1.35 bits per heavy atom. The Morgan fingerprint density at radius 2 is 2.08 bits per heavy atom. The number of halogens is 3. The first kappa shape index (κ1) is 19.1. The summed E-state index contributed by atoms with van der Waals surface area (Å²) in [7, 11) is 1.24. The normalized spacial score (nSPS) is 11.7. The number of rotatable bonds is 6. The summed E-state index contributed by atoms with van der Waals surface area (Å²) >= 11 is 0. The number of nitrogens with one attached hydrogen (secondary N) is 2. The fourth-order valence-corrected chi connectivity index (χ4v) is 1.75. The van der Waals surface area contributed by atoms with E-state index in [1.54, 1.807) is 5.10 Å². The van der Waals surface area contributed by atoms with Crippen LogP contribution >= 0.6 is 0 Å². The maximum absolute atomic E-state index is 12.5. The van der Waals surface area contributed by atoms with E-state index in [1.807, 2.05) is 0 Å². The lowest BCUT2D eigenvalue weighted by Crippen LogP contribution is -2.25. The van der Waals surface area contributed by atoms with Gasteiger partial charge in [-0.3, -0.25) is 9.89 Å². The molecule has 0 fully saturated rings. The van der Waals surface area contributed by atoms with E-state index >= 15 is 0 Å². The predicted octanol–water partition coefficient (Wildman–Crippen LogP) is 0.562. The van der Waals surface area contributed by atoms with E-state index in [0.29, 0.717) is 6.42 Å². The van der Waals surface area contributed by atoms with Crippen LogP contribution in [0.3, 0.4) is 0 Å². The molecule has 0 aliphatic carbocycles. The third-order valence-corrected chi connectivity index (χ3v) is 2.96. The maximum atomic E-state index is 12.5. The molecular formula is C13H14F3N7O3. The standard InChI is InChI=1S/C13H14F3N7O3/c1-7-18-9(10(25)17-6-4-3-5-8(24)26-2)22-23(7)12-19-11(20-21-12)13(14,15)16/h3,5H,4,6H2,1-2H3,(H,17,25)(H,19,20,21)/b5-3+. The topological polar surface area (TPSA) is 128 Å². The largest absolute Gasteiger partial charge is 0.466 e. The number of esters is 1. The number of aromatic amines is 1. The molecule has 26 heavy (non-hydrogen) atoms. The average molecular weight is 373 g/mol. The Hall–Kier alpha value is -3.25. The highest BCUT2D eigenvalue weighted by Gasteiger charge is 2.35. The second-order valence-electron chi connectivity index (χ2n) is 4.85. The highest BCUT2D eigenvalue weighted by molar-refractivity contribution is 5.90. The van der Waals surface area contributed by atoms with Crippen molar-refractivity contribution in [2.45, 2.75) is 19.5 Å². The van der Waals surface area contributed by atoms with Gasteiger partial charge in [0.15, 0.2) is 0 Å². The van der Waals surface area contributed by atoms with Crippen molar-refractivity contribution >= 4 is 11.9 Å². The second-order valence-corrected chi connectivity index (χ2v) is 4.85. The predicted molar refractivity (Wildman–Crippen MR) is 79.1 cm³/mol. The summed E-state index contributed by atoms with van der Waals surface area (Å²) in [5, 5.41) is 11.5. The Kier molecular flexibility index (Phi) is 5.69. The van der Waals surface area contributed by atoms with Gasteiger partial charge in [0, 0.05) is 12.6 Å². The molecule has 0 bridgehead atoms. The Labute approximate surface area is 144 Å². The molecule has 0 saturated carbocycles. The summed E-state index contributed by atoms with van der Waals surface area (Å²) < 4.78 is 43.0. The van der Waals surface area contributed by atoms with E-state index in [0.717, 1.165) is 4.68 Å². The number of aromatic nitrogens is 6. The molecular weight excluding hydrogens is 359 g/mol. The molecule has 0 aliphatic rings. The average Bonchev–Trinajstić information content (AvgIpc) is 3.20. The lowest BCUT2D eigenvalue weighted by atomic mass is 10.3. The Balaban J connectivity index is 2.01. The van der Waals surface area contributed by atoms with Crippen LogP contribution in [0.25, 0.3) is 5.95 Å².